The molecule has 1 aromatic heterocycles. The summed E-state index contributed by atoms with van der Waals surface area (Å²) in [5.41, 5.74) is 4.83. The molecule has 0 aliphatic carbocycles. The Labute approximate surface area is 184 Å². The summed E-state index contributed by atoms with van der Waals surface area (Å²) in [6.45, 7) is 2.07. The zero-order valence-electron chi connectivity index (χ0n) is 16.5. The fourth-order valence-corrected chi connectivity index (χ4v) is 4.86. The molecule has 1 fully saturated rings. The summed E-state index contributed by atoms with van der Waals surface area (Å²) in [5, 5.41) is 4.86. The summed E-state index contributed by atoms with van der Waals surface area (Å²) in [5.74, 6) is 0.849. The van der Waals surface area contributed by atoms with Crippen molar-refractivity contribution in [2.24, 2.45) is 0 Å². The van der Waals surface area contributed by atoms with E-state index in [0.717, 1.165) is 34.7 Å². The molecule has 3 heterocycles. The minimum atomic E-state index is -0.0837. The van der Waals surface area contributed by atoms with E-state index < -0.39 is 0 Å². The molecule has 7 heteroatoms. The summed E-state index contributed by atoms with van der Waals surface area (Å²) in [6.07, 6.45) is 4.91. The molecule has 1 amide bonds. The molecule has 0 N–H and O–H groups in total. The number of thiocarbonyl (C=S) groups is 1. The van der Waals surface area contributed by atoms with Gasteiger partial charge in [0.2, 0.25) is 0 Å². The van der Waals surface area contributed by atoms with Gasteiger partial charge in [-0.1, -0.05) is 42.2 Å². The van der Waals surface area contributed by atoms with Crippen LogP contribution in [0.25, 0.3) is 23.0 Å². The number of nitrogens with zero attached hydrogens (tertiary/aromatic N) is 3. The Kier molecular flexibility index (Phi) is 4.72. The Hall–Kier alpha value is -2.90. The number of ether oxygens (including phenoxy) is 1. The lowest BCUT2D eigenvalue weighted by molar-refractivity contribution is -0.121. The average molecular weight is 434 g/mol. The molecule has 2 aliphatic heterocycles. The summed E-state index contributed by atoms with van der Waals surface area (Å²) < 4.78 is 8.25. The first kappa shape index (κ1) is 19.1. The number of aromatic nitrogens is 2. The predicted molar refractivity (Wildman–Crippen MR) is 124 cm³/mol. The van der Waals surface area contributed by atoms with Crippen LogP contribution in [0.5, 0.6) is 5.75 Å². The van der Waals surface area contributed by atoms with Gasteiger partial charge in [0.05, 0.1) is 10.6 Å². The maximum Gasteiger partial charge on any atom is 0.265 e. The molecule has 0 spiro atoms. The van der Waals surface area contributed by atoms with Crippen molar-refractivity contribution in [3.05, 3.63) is 70.8 Å². The van der Waals surface area contributed by atoms with Crippen molar-refractivity contribution in [2.75, 3.05) is 7.05 Å². The predicted octanol–water partition coefficient (Wildman–Crippen LogP) is 4.69. The first-order valence-electron chi connectivity index (χ1n) is 9.66. The number of fused-ring (bicyclic) bond motifs is 1. The Morgan fingerprint density at radius 1 is 1.23 bits per heavy atom. The van der Waals surface area contributed by atoms with Crippen molar-refractivity contribution < 1.29 is 9.53 Å². The van der Waals surface area contributed by atoms with E-state index in [9.17, 15) is 4.79 Å². The number of likely N-dealkylation sites (N-methyl/N-ethyl adjacent to an activating group) is 1. The van der Waals surface area contributed by atoms with E-state index in [1.165, 1.54) is 22.2 Å². The van der Waals surface area contributed by atoms with Gasteiger partial charge in [0.15, 0.2) is 0 Å². The first-order chi connectivity index (χ1) is 14.5. The minimum Gasteiger partial charge on any atom is -0.490 e. The molecule has 5 rings (SSSR count). The highest BCUT2D eigenvalue weighted by Crippen LogP contribution is 2.36. The fraction of sp³-hybridized carbons (Fsp3) is 0.174. The van der Waals surface area contributed by atoms with Crippen molar-refractivity contribution in [1.82, 2.24) is 14.7 Å². The van der Waals surface area contributed by atoms with E-state index in [1.54, 1.807) is 7.05 Å². The van der Waals surface area contributed by atoms with Gasteiger partial charge in [-0.2, -0.15) is 5.10 Å². The molecular weight excluding hydrogens is 414 g/mol. The van der Waals surface area contributed by atoms with E-state index in [-0.39, 0.29) is 12.0 Å². The summed E-state index contributed by atoms with van der Waals surface area (Å²) in [4.78, 5) is 14.6. The zero-order valence-corrected chi connectivity index (χ0v) is 18.2. The molecule has 5 nitrogen and oxygen atoms in total. The van der Waals surface area contributed by atoms with Crippen LogP contribution in [-0.2, 0) is 11.2 Å². The van der Waals surface area contributed by atoms with E-state index in [1.807, 2.05) is 59.4 Å². The number of rotatable bonds is 3. The molecule has 30 heavy (non-hydrogen) atoms. The molecule has 1 unspecified atom stereocenters. The second-order valence-corrected chi connectivity index (χ2v) is 9.08. The third-order valence-electron chi connectivity index (χ3n) is 5.21. The van der Waals surface area contributed by atoms with Gasteiger partial charge in [-0.25, -0.2) is 4.68 Å². The van der Waals surface area contributed by atoms with Crippen molar-refractivity contribution in [3.8, 4) is 22.7 Å². The van der Waals surface area contributed by atoms with Crippen LogP contribution in [0.15, 0.2) is 59.6 Å². The molecule has 2 aromatic carbocycles. The SMILES string of the molecule is CC1Cc2cc(-c3nn(-c4ccccc4)cc3/C=C3\SC(=S)N(C)C3=O)ccc2O1. The number of thioether (sulfide) groups is 1. The standard InChI is InChI=1S/C23H19N3O2S2/c1-14-10-16-11-15(8-9-19(16)28-14)21-17(12-20-22(27)25(2)23(29)30-20)13-26(24-21)18-6-4-3-5-7-18/h3-9,11-14H,10H2,1-2H3/b20-12-. The van der Waals surface area contributed by atoms with Crippen molar-refractivity contribution in [2.45, 2.75) is 19.4 Å². The molecule has 2 aliphatic rings. The average Bonchev–Trinajstić information content (AvgIpc) is 3.40. The van der Waals surface area contributed by atoms with Crippen LogP contribution in [0.4, 0.5) is 0 Å². The lowest BCUT2D eigenvalue weighted by Crippen LogP contribution is -2.22. The van der Waals surface area contributed by atoms with Crippen LogP contribution in [0.2, 0.25) is 0 Å². The first-order valence-corrected chi connectivity index (χ1v) is 10.9. The summed E-state index contributed by atoms with van der Waals surface area (Å²) in [6, 6.07) is 16.1. The maximum absolute atomic E-state index is 12.5. The number of carbonyl (C=O) groups is 1. The monoisotopic (exact) mass is 433 g/mol. The topological polar surface area (TPSA) is 47.4 Å². The van der Waals surface area contributed by atoms with Gasteiger partial charge in [0, 0.05) is 30.8 Å². The van der Waals surface area contributed by atoms with E-state index in [0.29, 0.717) is 9.23 Å². The third kappa shape index (κ3) is 3.34. The third-order valence-corrected chi connectivity index (χ3v) is 6.69. The minimum absolute atomic E-state index is 0.0837. The quantitative estimate of drug-likeness (QED) is 0.443. The number of benzene rings is 2. The molecule has 150 valence electrons. The Morgan fingerprint density at radius 3 is 2.77 bits per heavy atom. The van der Waals surface area contributed by atoms with Gasteiger partial charge in [-0.3, -0.25) is 9.69 Å². The van der Waals surface area contributed by atoms with Crippen LogP contribution in [0.3, 0.4) is 0 Å². The zero-order chi connectivity index (χ0) is 20.8. The van der Waals surface area contributed by atoms with Gasteiger partial charge in [-0.15, -0.1) is 0 Å². The van der Waals surface area contributed by atoms with E-state index in [2.05, 4.69) is 13.0 Å². The Morgan fingerprint density at radius 2 is 2.03 bits per heavy atom. The van der Waals surface area contributed by atoms with E-state index in [4.69, 9.17) is 22.1 Å². The lowest BCUT2D eigenvalue weighted by Gasteiger charge is -2.04. The normalized spacial score (nSPS) is 19.5. The summed E-state index contributed by atoms with van der Waals surface area (Å²) >= 11 is 6.60. The van der Waals surface area contributed by atoms with Crippen molar-refractivity contribution in [1.29, 1.82) is 0 Å². The van der Waals surface area contributed by atoms with Gasteiger partial charge in [-0.05, 0) is 48.9 Å². The molecule has 1 saturated heterocycles. The molecule has 0 radical (unpaired) electrons. The Balaban J connectivity index is 1.63. The second kappa shape index (κ2) is 7.41. The number of para-hydroxylation sites is 1. The van der Waals surface area contributed by atoms with E-state index >= 15 is 0 Å². The number of hydrogen-bond donors (Lipinski definition) is 0. The molecule has 0 bridgehead atoms. The highest BCUT2D eigenvalue weighted by atomic mass is 32.2. The molecular formula is C23H19N3O2S2. The number of hydrogen-bond acceptors (Lipinski definition) is 5. The van der Waals surface area contributed by atoms with Gasteiger partial charge in [0.25, 0.3) is 5.91 Å². The Bertz CT molecular complexity index is 1200. The van der Waals surface area contributed by atoms with Gasteiger partial charge >= 0.3 is 0 Å². The highest BCUT2D eigenvalue weighted by Gasteiger charge is 2.29. The lowest BCUT2D eigenvalue weighted by atomic mass is 10.0. The highest BCUT2D eigenvalue weighted by molar-refractivity contribution is 8.26. The maximum atomic E-state index is 12.5. The molecule has 0 saturated carbocycles. The van der Waals surface area contributed by atoms with Crippen LogP contribution in [0.1, 0.15) is 18.1 Å². The largest absolute Gasteiger partial charge is 0.490 e. The number of amides is 1. The fourth-order valence-electron chi connectivity index (χ4n) is 3.69. The number of carbonyl (C=O) groups excluding carboxylic acids is 1. The van der Waals surface area contributed by atoms with Crippen LogP contribution >= 0.6 is 24.0 Å². The van der Waals surface area contributed by atoms with Crippen LogP contribution < -0.4 is 4.74 Å². The molecule has 3 aromatic rings. The van der Waals surface area contributed by atoms with Crippen molar-refractivity contribution in [3.63, 3.8) is 0 Å². The smallest absolute Gasteiger partial charge is 0.265 e. The van der Waals surface area contributed by atoms with Crippen molar-refractivity contribution >= 4 is 40.3 Å². The summed E-state index contributed by atoms with van der Waals surface area (Å²) in [7, 11) is 1.70. The van der Waals surface area contributed by atoms with Gasteiger partial charge in [0.1, 0.15) is 21.9 Å². The van der Waals surface area contributed by atoms with Gasteiger partial charge < -0.3 is 4.74 Å². The van der Waals surface area contributed by atoms with Crippen LogP contribution in [0, 0.1) is 0 Å². The molecule has 1 atom stereocenters. The second-order valence-electron chi connectivity index (χ2n) is 7.41. The van der Waals surface area contributed by atoms with Crippen LogP contribution in [-0.4, -0.2) is 38.1 Å².